The van der Waals surface area contributed by atoms with Crippen molar-refractivity contribution in [3.63, 3.8) is 0 Å². The normalized spacial score (nSPS) is 12.4. The number of nitrogens with two attached hydrogens (primary N) is 1. The van der Waals surface area contributed by atoms with Crippen LogP contribution in [-0.2, 0) is 6.16 Å². The second-order valence-corrected chi connectivity index (χ2v) is 4.22. The molecule has 13 heavy (non-hydrogen) atoms. The number of hydrogen-bond donors (Lipinski definition) is 3. The van der Waals surface area contributed by atoms with Gasteiger partial charge in [0, 0.05) is 6.16 Å². The minimum Gasteiger partial charge on any atom is -0.508 e. The molecule has 1 aromatic carbocycles. The smallest absolute Gasteiger partial charge is 0.339 e. The van der Waals surface area contributed by atoms with Crippen molar-refractivity contribution in [3.05, 3.63) is 29.8 Å². The highest BCUT2D eigenvalue weighted by Gasteiger charge is 2.11. The van der Waals surface area contributed by atoms with Crippen LogP contribution >= 0.6 is 8.07 Å². The second kappa shape index (κ2) is 4.21. The molecule has 4 nitrogen and oxygen atoms in total. The van der Waals surface area contributed by atoms with E-state index in [1.54, 1.807) is 12.1 Å². The van der Waals surface area contributed by atoms with Crippen LogP contribution in [0.5, 0.6) is 5.75 Å². The molecular weight excluding hydrogens is 189 g/mol. The van der Waals surface area contributed by atoms with Gasteiger partial charge in [0.25, 0.3) is 0 Å². The molecule has 0 bridgehead atoms. The molecule has 0 amide bonds. The summed E-state index contributed by atoms with van der Waals surface area (Å²) in [6.07, 6.45) is 0.338. The first-order valence-corrected chi connectivity index (χ1v) is 5.22. The zero-order chi connectivity index (χ0) is 9.84. The summed E-state index contributed by atoms with van der Waals surface area (Å²) in [6.45, 7) is 0. The van der Waals surface area contributed by atoms with Crippen LogP contribution in [0.1, 0.15) is 5.56 Å². The highest BCUT2D eigenvalue weighted by Crippen LogP contribution is 2.31. The van der Waals surface area contributed by atoms with Crippen LogP contribution in [0.15, 0.2) is 24.3 Å². The first-order valence-electron chi connectivity index (χ1n) is 3.62. The van der Waals surface area contributed by atoms with E-state index in [9.17, 15) is 4.79 Å². The van der Waals surface area contributed by atoms with E-state index in [0.717, 1.165) is 5.56 Å². The molecule has 1 rings (SSSR count). The number of carboxylic acid groups (broad SMARTS) is 1. The van der Waals surface area contributed by atoms with Gasteiger partial charge in [-0.05, 0) is 17.7 Å². The molecule has 0 aliphatic carbocycles. The molecule has 0 saturated carbocycles. The molecule has 0 spiro atoms. The average Bonchev–Trinajstić information content (AvgIpc) is 2.08. The second-order valence-electron chi connectivity index (χ2n) is 2.58. The molecule has 0 heterocycles. The summed E-state index contributed by atoms with van der Waals surface area (Å²) in [5.41, 5.74) is 5.26. The summed E-state index contributed by atoms with van der Waals surface area (Å²) in [7, 11) is -1.49. The third-order valence-electron chi connectivity index (χ3n) is 1.53. The monoisotopic (exact) mass is 199 g/mol. The molecule has 0 aliphatic rings. The van der Waals surface area contributed by atoms with Crippen molar-refractivity contribution in [1.29, 1.82) is 0 Å². The van der Waals surface area contributed by atoms with Crippen molar-refractivity contribution in [2.75, 3.05) is 0 Å². The van der Waals surface area contributed by atoms with E-state index in [0.29, 0.717) is 6.16 Å². The van der Waals surface area contributed by atoms with E-state index in [1.165, 1.54) is 12.1 Å². The predicted octanol–water partition coefficient (Wildman–Crippen LogP) is 1.93. The molecule has 0 aromatic heterocycles. The number of rotatable bonds is 3. The lowest BCUT2D eigenvalue weighted by Gasteiger charge is -2.05. The van der Waals surface area contributed by atoms with E-state index in [2.05, 4.69) is 0 Å². The summed E-state index contributed by atoms with van der Waals surface area (Å²) in [4.78, 5) is 10.4. The van der Waals surface area contributed by atoms with Gasteiger partial charge in [-0.15, -0.1) is 0 Å². The summed E-state index contributed by atoms with van der Waals surface area (Å²) in [6, 6.07) is 6.36. The Labute approximate surface area is 76.8 Å². The fourth-order valence-corrected chi connectivity index (χ4v) is 1.61. The van der Waals surface area contributed by atoms with E-state index < -0.39 is 13.8 Å². The standard InChI is InChI=1S/C8H10NO3P/c9-13(8(11)12)5-6-1-3-7(10)4-2-6/h1-4,10H,5,9H2,(H,11,12)/t13-/m0/s1. The Balaban J connectivity index is 2.64. The van der Waals surface area contributed by atoms with Gasteiger partial charge in [0.15, 0.2) is 0 Å². The van der Waals surface area contributed by atoms with E-state index in [4.69, 9.17) is 15.7 Å². The summed E-state index contributed by atoms with van der Waals surface area (Å²) >= 11 is 0. The summed E-state index contributed by atoms with van der Waals surface area (Å²) < 4.78 is 0. The van der Waals surface area contributed by atoms with Crippen LogP contribution in [0.2, 0.25) is 0 Å². The molecule has 1 atom stereocenters. The molecule has 0 radical (unpaired) electrons. The number of aromatic hydroxyl groups is 1. The molecule has 70 valence electrons. The molecule has 0 saturated heterocycles. The number of hydrogen-bond acceptors (Lipinski definition) is 3. The molecule has 4 N–H and O–H groups in total. The maximum Gasteiger partial charge on any atom is 0.339 e. The van der Waals surface area contributed by atoms with Gasteiger partial charge >= 0.3 is 5.71 Å². The number of phenols is 1. The largest absolute Gasteiger partial charge is 0.508 e. The van der Waals surface area contributed by atoms with E-state index in [-0.39, 0.29) is 5.75 Å². The molecule has 0 unspecified atom stereocenters. The first kappa shape index (κ1) is 9.96. The number of carbonyl (C=O) groups is 1. The predicted molar refractivity (Wildman–Crippen MR) is 50.9 cm³/mol. The molecule has 1 aromatic rings. The van der Waals surface area contributed by atoms with Crippen molar-refractivity contribution in [2.24, 2.45) is 5.50 Å². The lowest BCUT2D eigenvalue weighted by molar-refractivity contribution is 0.221. The average molecular weight is 199 g/mol. The van der Waals surface area contributed by atoms with Gasteiger partial charge in [0.1, 0.15) is 5.75 Å². The van der Waals surface area contributed by atoms with E-state index >= 15 is 0 Å². The minimum atomic E-state index is -1.49. The molecule has 0 aliphatic heterocycles. The Morgan fingerprint density at radius 3 is 2.38 bits per heavy atom. The van der Waals surface area contributed by atoms with Crippen molar-refractivity contribution in [3.8, 4) is 5.75 Å². The Kier molecular flexibility index (Phi) is 3.23. The minimum absolute atomic E-state index is 0.167. The Hall–Kier alpha value is -1.12. The number of phenolic OH excluding ortho intramolecular Hbond substituents is 1. The molecule has 5 heteroatoms. The Morgan fingerprint density at radius 1 is 1.38 bits per heavy atom. The fraction of sp³-hybridized carbons (Fsp3) is 0.125. The first-order chi connectivity index (χ1) is 6.09. The quantitative estimate of drug-likeness (QED) is 0.649. The van der Waals surface area contributed by atoms with Crippen molar-refractivity contribution in [1.82, 2.24) is 0 Å². The SMILES string of the molecule is N[P@@](Cc1ccc(O)cc1)C(=O)O. The van der Waals surface area contributed by atoms with Crippen LogP contribution in [0.25, 0.3) is 0 Å². The fourth-order valence-electron chi connectivity index (χ4n) is 0.866. The van der Waals surface area contributed by atoms with Crippen LogP contribution in [-0.4, -0.2) is 15.9 Å². The molecular formula is C8H10NO3P. The number of benzene rings is 1. The Bertz CT molecular complexity index is 299. The lowest BCUT2D eigenvalue weighted by atomic mass is 10.2. The van der Waals surface area contributed by atoms with Gasteiger partial charge in [-0.2, -0.15) is 0 Å². The van der Waals surface area contributed by atoms with Gasteiger partial charge in [-0.3, -0.25) is 0 Å². The van der Waals surface area contributed by atoms with Crippen LogP contribution < -0.4 is 5.50 Å². The maximum atomic E-state index is 10.4. The zero-order valence-electron chi connectivity index (χ0n) is 6.84. The lowest BCUT2D eigenvalue weighted by Crippen LogP contribution is -2.01. The topological polar surface area (TPSA) is 83.5 Å². The third kappa shape index (κ3) is 3.01. The van der Waals surface area contributed by atoms with Crippen LogP contribution in [0.3, 0.4) is 0 Å². The third-order valence-corrected chi connectivity index (χ3v) is 2.73. The van der Waals surface area contributed by atoms with Crippen molar-refractivity contribution < 1.29 is 15.0 Å². The van der Waals surface area contributed by atoms with Gasteiger partial charge < -0.3 is 15.7 Å². The zero-order valence-corrected chi connectivity index (χ0v) is 7.74. The van der Waals surface area contributed by atoms with Gasteiger partial charge in [-0.25, -0.2) is 4.79 Å². The van der Waals surface area contributed by atoms with Crippen LogP contribution in [0, 0.1) is 0 Å². The highest BCUT2D eigenvalue weighted by atomic mass is 31.1. The van der Waals surface area contributed by atoms with Crippen LogP contribution in [0.4, 0.5) is 4.79 Å². The van der Waals surface area contributed by atoms with Gasteiger partial charge in [0.2, 0.25) is 0 Å². The maximum absolute atomic E-state index is 10.4. The summed E-state index contributed by atoms with van der Waals surface area (Å²) in [5, 5.41) is 17.5. The Morgan fingerprint density at radius 2 is 1.92 bits per heavy atom. The van der Waals surface area contributed by atoms with Crippen molar-refractivity contribution in [2.45, 2.75) is 6.16 Å². The summed E-state index contributed by atoms with van der Waals surface area (Å²) in [5.74, 6) is 0.167. The highest BCUT2D eigenvalue weighted by molar-refractivity contribution is 7.71. The van der Waals surface area contributed by atoms with Gasteiger partial charge in [0.05, 0.1) is 8.07 Å². The van der Waals surface area contributed by atoms with Crippen molar-refractivity contribution >= 4 is 13.8 Å². The van der Waals surface area contributed by atoms with Gasteiger partial charge in [-0.1, -0.05) is 12.1 Å². The van der Waals surface area contributed by atoms with E-state index in [1.807, 2.05) is 0 Å². The molecule has 0 fully saturated rings.